The molecule has 3 aromatic rings. The summed E-state index contributed by atoms with van der Waals surface area (Å²) in [4.78, 5) is 7.20. The van der Waals surface area contributed by atoms with Gasteiger partial charge in [0.1, 0.15) is 11.6 Å². The fourth-order valence-corrected chi connectivity index (χ4v) is 2.29. The van der Waals surface area contributed by atoms with Crippen molar-refractivity contribution in [2.75, 3.05) is 12.8 Å². The summed E-state index contributed by atoms with van der Waals surface area (Å²) < 4.78 is 5.25. The van der Waals surface area contributed by atoms with Crippen LogP contribution in [0, 0.1) is 11.3 Å². The monoisotopic (exact) mass is 290 g/mol. The molecule has 0 aliphatic carbocycles. The first-order valence-electron chi connectivity index (χ1n) is 6.70. The Balaban J connectivity index is 2.11. The van der Waals surface area contributed by atoms with E-state index in [2.05, 4.69) is 16.0 Å². The number of anilines is 1. The van der Waals surface area contributed by atoms with Gasteiger partial charge >= 0.3 is 0 Å². The highest BCUT2D eigenvalue weighted by Crippen LogP contribution is 2.29. The quantitative estimate of drug-likeness (QED) is 0.725. The molecular formula is C17H14N4O. The van der Waals surface area contributed by atoms with E-state index in [1.807, 2.05) is 30.5 Å². The Hall–Kier alpha value is -3.26. The first-order valence-corrected chi connectivity index (χ1v) is 6.70. The third-order valence-corrected chi connectivity index (χ3v) is 3.42. The largest absolute Gasteiger partial charge is 0.497 e. The topological polar surface area (TPSA) is 87.7 Å². The van der Waals surface area contributed by atoms with Gasteiger partial charge in [0.15, 0.2) is 0 Å². The number of pyridine rings is 1. The maximum Gasteiger partial charge on any atom is 0.123 e. The number of aromatic amines is 1. The van der Waals surface area contributed by atoms with E-state index in [4.69, 9.17) is 10.5 Å². The average Bonchev–Trinajstić information content (AvgIpc) is 2.97. The van der Waals surface area contributed by atoms with Crippen LogP contribution in [0.4, 0.5) is 5.82 Å². The van der Waals surface area contributed by atoms with Crippen LogP contribution in [-0.4, -0.2) is 17.1 Å². The number of fused-ring (bicyclic) bond motifs is 1. The number of allylic oxidation sites excluding steroid dienone is 1. The van der Waals surface area contributed by atoms with Crippen LogP contribution in [0.2, 0.25) is 0 Å². The zero-order valence-corrected chi connectivity index (χ0v) is 12.0. The predicted octanol–water partition coefficient (Wildman–Crippen LogP) is 3.22. The summed E-state index contributed by atoms with van der Waals surface area (Å²) in [5.74, 6) is 1.20. The van der Waals surface area contributed by atoms with Gasteiger partial charge in [-0.1, -0.05) is 0 Å². The van der Waals surface area contributed by atoms with E-state index in [1.165, 1.54) is 0 Å². The minimum absolute atomic E-state index is 0.451. The normalized spacial score (nSPS) is 11.4. The standard InChI is InChI=1S/C17H14N4O/c1-22-13-3-4-16-14(7-13)15(10-20-16)12(8-18)6-11-2-5-17(19)21-9-11/h2-7,9-10,20H,1H3,(H2,19,21)/b12-6+. The first kappa shape index (κ1) is 13.7. The number of nitriles is 1. The van der Waals surface area contributed by atoms with Crippen LogP contribution in [0.1, 0.15) is 11.1 Å². The number of nitrogens with two attached hydrogens (primary N) is 1. The van der Waals surface area contributed by atoms with Crippen molar-refractivity contribution in [2.45, 2.75) is 0 Å². The number of ether oxygens (including phenoxy) is 1. The molecule has 0 aliphatic heterocycles. The number of H-pyrrole nitrogens is 1. The molecule has 0 unspecified atom stereocenters. The summed E-state index contributed by atoms with van der Waals surface area (Å²) in [6, 6.07) is 11.5. The van der Waals surface area contributed by atoms with Gasteiger partial charge in [-0.2, -0.15) is 5.26 Å². The van der Waals surface area contributed by atoms with Gasteiger partial charge in [-0.25, -0.2) is 4.98 Å². The minimum Gasteiger partial charge on any atom is -0.497 e. The molecule has 0 atom stereocenters. The van der Waals surface area contributed by atoms with Crippen LogP contribution in [0.25, 0.3) is 22.6 Å². The molecule has 3 N–H and O–H groups in total. The Morgan fingerprint density at radius 2 is 2.23 bits per heavy atom. The fourth-order valence-electron chi connectivity index (χ4n) is 2.29. The summed E-state index contributed by atoms with van der Waals surface area (Å²) in [5.41, 5.74) is 8.72. The molecule has 0 radical (unpaired) electrons. The van der Waals surface area contributed by atoms with Gasteiger partial charge in [0.2, 0.25) is 0 Å². The molecule has 5 nitrogen and oxygen atoms in total. The Morgan fingerprint density at radius 1 is 1.36 bits per heavy atom. The van der Waals surface area contributed by atoms with Crippen molar-refractivity contribution in [3.63, 3.8) is 0 Å². The lowest BCUT2D eigenvalue weighted by Gasteiger charge is -2.02. The van der Waals surface area contributed by atoms with E-state index in [9.17, 15) is 5.26 Å². The second kappa shape index (κ2) is 5.62. The molecule has 0 bridgehead atoms. The predicted molar refractivity (Wildman–Crippen MR) is 87.0 cm³/mol. The Bertz CT molecular complexity index is 885. The third kappa shape index (κ3) is 2.50. The molecule has 22 heavy (non-hydrogen) atoms. The lowest BCUT2D eigenvalue weighted by atomic mass is 10.0. The van der Waals surface area contributed by atoms with Crippen LogP contribution in [0.5, 0.6) is 5.75 Å². The van der Waals surface area contributed by atoms with Crippen LogP contribution in [0.3, 0.4) is 0 Å². The molecule has 3 rings (SSSR count). The Labute approximate surface area is 127 Å². The molecule has 0 saturated carbocycles. The number of methoxy groups -OCH3 is 1. The summed E-state index contributed by atoms with van der Waals surface area (Å²) in [6.45, 7) is 0. The number of hydrogen-bond donors (Lipinski definition) is 2. The maximum absolute atomic E-state index is 9.49. The molecule has 2 heterocycles. The van der Waals surface area contributed by atoms with Crippen LogP contribution in [0.15, 0.2) is 42.7 Å². The molecular weight excluding hydrogens is 276 g/mol. The van der Waals surface area contributed by atoms with Gasteiger partial charge in [-0.3, -0.25) is 0 Å². The molecule has 108 valence electrons. The lowest BCUT2D eigenvalue weighted by Crippen LogP contribution is -1.89. The van der Waals surface area contributed by atoms with Crippen molar-refractivity contribution in [3.05, 3.63) is 53.9 Å². The maximum atomic E-state index is 9.49. The van der Waals surface area contributed by atoms with Gasteiger partial charge in [0.25, 0.3) is 0 Å². The number of rotatable bonds is 3. The molecule has 0 saturated heterocycles. The average molecular weight is 290 g/mol. The van der Waals surface area contributed by atoms with E-state index < -0.39 is 0 Å². The number of nitrogen functional groups attached to an aromatic ring is 1. The van der Waals surface area contributed by atoms with Crippen molar-refractivity contribution in [2.24, 2.45) is 0 Å². The van der Waals surface area contributed by atoms with E-state index in [-0.39, 0.29) is 0 Å². The highest BCUT2D eigenvalue weighted by atomic mass is 16.5. The molecule has 2 aromatic heterocycles. The summed E-state index contributed by atoms with van der Waals surface area (Å²) in [5, 5.41) is 10.4. The Morgan fingerprint density at radius 3 is 2.91 bits per heavy atom. The molecule has 0 spiro atoms. The molecule has 0 amide bonds. The third-order valence-electron chi connectivity index (χ3n) is 3.42. The lowest BCUT2D eigenvalue weighted by molar-refractivity contribution is 0.415. The van der Waals surface area contributed by atoms with Crippen molar-refractivity contribution < 1.29 is 4.74 Å². The smallest absolute Gasteiger partial charge is 0.123 e. The fraction of sp³-hybridized carbons (Fsp3) is 0.0588. The molecule has 0 fully saturated rings. The summed E-state index contributed by atoms with van der Waals surface area (Å²) in [6.07, 6.45) is 5.25. The zero-order chi connectivity index (χ0) is 15.5. The first-order chi connectivity index (χ1) is 10.7. The number of benzene rings is 1. The van der Waals surface area contributed by atoms with E-state index in [0.29, 0.717) is 11.4 Å². The number of nitrogens with one attached hydrogen (secondary N) is 1. The number of hydrogen-bond acceptors (Lipinski definition) is 4. The molecule has 5 heteroatoms. The number of aromatic nitrogens is 2. The van der Waals surface area contributed by atoms with Crippen LogP contribution in [-0.2, 0) is 0 Å². The minimum atomic E-state index is 0.451. The highest BCUT2D eigenvalue weighted by Gasteiger charge is 2.09. The molecule has 1 aromatic carbocycles. The van der Waals surface area contributed by atoms with Crippen LogP contribution < -0.4 is 10.5 Å². The van der Waals surface area contributed by atoms with Gasteiger partial charge in [0, 0.05) is 28.9 Å². The second-order valence-electron chi connectivity index (χ2n) is 4.80. The zero-order valence-electron chi connectivity index (χ0n) is 12.0. The van der Waals surface area contributed by atoms with Crippen molar-refractivity contribution >= 4 is 28.4 Å². The Kier molecular flexibility index (Phi) is 3.50. The second-order valence-corrected chi connectivity index (χ2v) is 4.80. The van der Waals surface area contributed by atoms with E-state index in [0.717, 1.165) is 27.8 Å². The van der Waals surface area contributed by atoms with Gasteiger partial charge in [-0.15, -0.1) is 0 Å². The summed E-state index contributed by atoms with van der Waals surface area (Å²) in [7, 11) is 1.62. The van der Waals surface area contributed by atoms with E-state index in [1.54, 1.807) is 25.4 Å². The van der Waals surface area contributed by atoms with Crippen molar-refractivity contribution in [3.8, 4) is 11.8 Å². The van der Waals surface area contributed by atoms with Gasteiger partial charge in [-0.05, 0) is 42.0 Å². The molecule has 0 aliphatic rings. The van der Waals surface area contributed by atoms with Gasteiger partial charge in [0.05, 0.1) is 18.8 Å². The van der Waals surface area contributed by atoms with Crippen molar-refractivity contribution in [1.82, 2.24) is 9.97 Å². The number of nitrogens with zero attached hydrogens (tertiary/aromatic N) is 2. The van der Waals surface area contributed by atoms with E-state index >= 15 is 0 Å². The highest BCUT2D eigenvalue weighted by molar-refractivity contribution is 6.01. The van der Waals surface area contributed by atoms with Gasteiger partial charge < -0.3 is 15.5 Å². The SMILES string of the molecule is COc1ccc2[nH]cc(/C(C#N)=C/c3ccc(N)nc3)c2c1. The van der Waals surface area contributed by atoms with Crippen LogP contribution >= 0.6 is 0 Å². The summed E-state index contributed by atoms with van der Waals surface area (Å²) >= 11 is 0. The van der Waals surface area contributed by atoms with Crippen molar-refractivity contribution in [1.29, 1.82) is 5.26 Å².